The van der Waals surface area contributed by atoms with Gasteiger partial charge in [0, 0.05) is 6.04 Å². The van der Waals surface area contributed by atoms with Gasteiger partial charge in [0.25, 0.3) is 5.95 Å². The predicted octanol–water partition coefficient (Wildman–Crippen LogP) is -0.626. The second-order valence-corrected chi connectivity index (χ2v) is 3.27. The number of anilines is 1. The zero-order valence-corrected chi connectivity index (χ0v) is 7.69. The van der Waals surface area contributed by atoms with Gasteiger partial charge in [0.15, 0.2) is 0 Å². The van der Waals surface area contributed by atoms with E-state index in [4.69, 9.17) is 0 Å². The van der Waals surface area contributed by atoms with Crippen LogP contribution in [0, 0.1) is 0 Å². The molecule has 0 saturated carbocycles. The summed E-state index contributed by atoms with van der Waals surface area (Å²) in [5.74, 6) is 0.634. The smallest absolute Gasteiger partial charge is 0.263 e. The first-order valence-corrected chi connectivity index (χ1v) is 4.56. The molecule has 0 aromatic carbocycles. The van der Waals surface area contributed by atoms with E-state index in [1.54, 1.807) is 7.05 Å². The molecule has 0 radical (unpaired) electrons. The Morgan fingerprint density at radius 3 is 2.85 bits per heavy atom. The van der Waals surface area contributed by atoms with Gasteiger partial charge >= 0.3 is 0 Å². The van der Waals surface area contributed by atoms with E-state index in [1.165, 1.54) is 4.80 Å². The van der Waals surface area contributed by atoms with Crippen molar-refractivity contribution in [1.29, 1.82) is 0 Å². The molecule has 2 heterocycles. The van der Waals surface area contributed by atoms with Gasteiger partial charge in [0.1, 0.15) is 0 Å². The summed E-state index contributed by atoms with van der Waals surface area (Å²) in [5.41, 5.74) is 0. The molecule has 0 atom stereocenters. The van der Waals surface area contributed by atoms with Crippen LogP contribution in [0.4, 0.5) is 5.95 Å². The molecule has 2 N–H and O–H groups in total. The van der Waals surface area contributed by atoms with Gasteiger partial charge in [-0.05, 0) is 31.1 Å². The molecule has 1 fully saturated rings. The van der Waals surface area contributed by atoms with Crippen LogP contribution >= 0.6 is 0 Å². The molecular formula is C7H14N6. The van der Waals surface area contributed by atoms with Gasteiger partial charge in [-0.3, -0.25) is 0 Å². The van der Waals surface area contributed by atoms with E-state index in [-0.39, 0.29) is 0 Å². The summed E-state index contributed by atoms with van der Waals surface area (Å²) in [6.07, 6.45) is 2.25. The Morgan fingerprint density at radius 1 is 1.46 bits per heavy atom. The Balaban J connectivity index is 1.89. The van der Waals surface area contributed by atoms with Crippen molar-refractivity contribution in [2.24, 2.45) is 7.05 Å². The van der Waals surface area contributed by atoms with Crippen LogP contribution in [0.1, 0.15) is 12.8 Å². The van der Waals surface area contributed by atoms with Crippen molar-refractivity contribution in [3.05, 3.63) is 0 Å². The van der Waals surface area contributed by atoms with E-state index >= 15 is 0 Å². The van der Waals surface area contributed by atoms with E-state index in [0.717, 1.165) is 25.9 Å². The maximum absolute atomic E-state index is 4.07. The summed E-state index contributed by atoms with van der Waals surface area (Å²) in [6.45, 7) is 2.13. The highest BCUT2D eigenvalue weighted by Crippen LogP contribution is 2.07. The van der Waals surface area contributed by atoms with Crippen LogP contribution < -0.4 is 10.6 Å². The molecule has 72 valence electrons. The van der Waals surface area contributed by atoms with Crippen LogP contribution in [0.3, 0.4) is 0 Å². The third-order valence-corrected chi connectivity index (χ3v) is 2.18. The molecule has 0 amide bonds. The quantitative estimate of drug-likeness (QED) is 0.637. The molecule has 2 rings (SSSR count). The summed E-state index contributed by atoms with van der Waals surface area (Å²) in [6, 6.07) is 0.491. The number of aryl methyl sites for hydroxylation is 1. The van der Waals surface area contributed by atoms with Gasteiger partial charge < -0.3 is 10.6 Å². The lowest BCUT2D eigenvalue weighted by Crippen LogP contribution is -2.35. The maximum Gasteiger partial charge on any atom is 0.263 e. The van der Waals surface area contributed by atoms with Crippen molar-refractivity contribution >= 4 is 5.95 Å². The number of rotatable bonds is 2. The predicted molar refractivity (Wildman–Crippen MR) is 48.3 cm³/mol. The average molecular weight is 182 g/mol. The second kappa shape index (κ2) is 3.69. The SMILES string of the molecule is Cn1nnc(NC2CCNCC2)n1. The molecule has 0 aliphatic carbocycles. The first kappa shape index (κ1) is 8.43. The van der Waals surface area contributed by atoms with Crippen LogP contribution in [0.2, 0.25) is 0 Å². The Kier molecular flexibility index (Phi) is 2.40. The highest BCUT2D eigenvalue weighted by atomic mass is 15.6. The lowest BCUT2D eigenvalue weighted by Gasteiger charge is -2.22. The van der Waals surface area contributed by atoms with Crippen molar-refractivity contribution < 1.29 is 0 Å². The van der Waals surface area contributed by atoms with Crippen LogP contribution in [0.5, 0.6) is 0 Å². The molecule has 6 nitrogen and oxygen atoms in total. The van der Waals surface area contributed by atoms with Gasteiger partial charge in [0.2, 0.25) is 0 Å². The normalized spacial score (nSPS) is 18.8. The molecule has 13 heavy (non-hydrogen) atoms. The Labute approximate surface area is 76.7 Å². The monoisotopic (exact) mass is 182 g/mol. The third-order valence-electron chi connectivity index (χ3n) is 2.18. The Hall–Kier alpha value is -1.17. The highest BCUT2D eigenvalue weighted by Gasteiger charge is 2.13. The number of nitrogens with one attached hydrogen (secondary N) is 2. The van der Waals surface area contributed by atoms with Crippen molar-refractivity contribution in [2.45, 2.75) is 18.9 Å². The van der Waals surface area contributed by atoms with E-state index < -0.39 is 0 Å². The molecule has 0 bridgehead atoms. The Bertz CT molecular complexity index is 264. The number of aromatic nitrogens is 4. The zero-order chi connectivity index (χ0) is 9.10. The fraction of sp³-hybridized carbons (Fsp3) is 0.857. The molecule has 6 heteroatoms. The molecule has 0 unspecified atom stereocenters. The molecular weight excluding hydrogens is 168 g/mol. The van der Waals surface area contributed by atoms with Crippen molar-refractivity contribution in [1.82, 2.24) is 25.5 Å². The third kappa shape index (κ3) is 2.15. The first-order chi connectivity index (χ1) is 6.34. The van der Waals surface area contributed by atoms with Crippen LogP contribution in [0.15, 0.2) is 0 Å². The van der Waals surface area contributed by atoms with Gasteiger partial charge in [-0.25, -0.2) is 0 Å². The number of nitrogens with zero attached hydrogens (tertiary/aromatic N) is 4. The number of tetrazole rings is 1. The van der Waals surface area contributed by atoms with Crippen LogP contribution in [-0.4, -0.2) is 39.3 Å². The van der Waals surface area contributed by atoms with E-state index in [1.807, 2.05) is 0 Å². The largest absolute Gasteiger partial charge is 0.349 e. The zero-order valence-electron chi connectivity index (χ0n) is 7.69. The molecule has 1 aliphatic heterocycles. The number of piperidine rings is 1. The van der Waals surface area contributed by atoms with Gasteiger partial charge in [-0.1, -0.05) is 5.10 Å². The number of hydrogen-bond acceptors (Lipinski definition) is 5. The highest BCUT2D eigenvalue weighted by molar-refractivity contribution is 5.21. The molecule has 1 saturated heterocycles. The summed E-state index contributed by atoms with van der Waals surface area (Å²) >= 11 is 0. The van der Waals surface area contributed by atoms with Crippen molar-refractivity contribution in [2.75, 3.05) is 18.4 Å². The fourth-order valence-corrected chi connectivity index (χ4v) is 1.49. The van der Waals surface area contributed by atoms with Crippen molar-refractivity contribution in [3.8, 4) is 0 Å². The molecule has 1 aliphatic rings. The van der Waals surface area contributed by atoms with E-state index in [0.29, 0.717) is 12.0 Å². The minimum Gasteiger partial charge on any atom is -0.349 e. The van der Waals surface area contributed by atoms with Crippen LogP contribution in [-0.2, 0) is 7.05 Å². The van der Waals surface area contributed by atoms with Crippen molar-refractivity contribution in [3.63, 3.8) is 0 Å². The summed E-state index contributed by atoms with van der Waals surface area (Å²) in [5, 5.41) is 18.3. The Morgan fingerprint density at radius 2 is 2.23 bits per heavy atom. The number of hydrogen-bond donors (Lipinski definition) is 2. The maximum atomic E-state index is 4.07. The minimum absolute atomic E-state index is 0.491. The topological polar surface area (TPSA) is 67.7 Å². The summed E-state index contributed by atoms with van der Waals surface area (Å²) in [7, 11) is 1.76. The van der Waals surface area contributed by atoms with E-state index in [2.05, 4.69) is 26.0 Å². The first-order valence-electron chi connectivity index (χ1n) is 4.56. The molecule has 1 aromatic heterocycles. The van der Waals surface area contributed by atoms with Gasteiger partial charge in [-0.2, -0.15) is 4.80 Å². The lowest BCUT2D eigenvalue weighted by atomic mass is 10.1. The molecule has 1 aromatic rings. The van der Waals surface area contributed by atoms with Gasteiger partial charge in [-0.15, -0.1) is 5.10 Å². The van der Waals surface area contributed by atoms with Crippen LogP contribution in [0.25, 0.3) is 0 Å². The lowest BCUT2D eigenvalue weighted by molar-refractivity contribution is 0.477. The summed E-state index contributed by atoms with van der Waals surface area (Å²) < 4.78 is 0. The standard InChI is InChI=1S/C7H14N6/c1-13-11-7(10-12-13)9-6-2-4-8-5-3-6/h6,8H,2-5H2,1H3,(H,9,11). The fourth-order valence-electron chi connectivity index (χ4n) is 1.49. The van der Waals surface area contributed by atoms with Gasteiger partial charge in [0.05, 0.1) is 7.05 Å². The molecule has 0 spiro atoms. The second-order valence-electron chi connectivity index (χ2n) is 3.27. The summed E-state index contributed by atoms with van der Waals surface area (Å²) in [4.78, 5) is 1.46. The van der Waals surface area contributed by atoms with E-state index in [9.17, 15) is 0 Å². The average Bonchev–Trinajstić information content (AvgIpc) is 2.53. The minimum atomic E-state index is 0.491.